The van der Waals surface area contributed by atoms with E-state index in [1.54, 1.807) is 6.07 Å². The monoisotopic (exact) mass is 296 g/mol. The van der Waals surface area contributed by atoms with Crippen LogP contribution < -0.4 is 0 Å². The first kappa shape index (κ1) is 16.6. The van der Waals surface area contributed by atoms with Gasteiger partial charge in [0.1, 0.15) is 5.75 Å². The molecule has 1 N–H and O–H groups in total. The molecule has 0 fully saturated rings. The number of phenols is 1. The first-order valence-electron chi connectivity index (χ1n) is 8.52. The van der Waals surface area contributed by atoms with E-state index in [-0.39, 0.29) is 0 Å². The lowest BCUT2D eigenvalue weighted by Crippen LogP contribution is -2.06. The van der Waals surface area contributed by atoms with Gasteiger partial charge in [-0.25, -0.2) is 0 Å². The van der Waals surface area contributed by atoms with E-state index >= 15 is 0 Å². The van der Waals surface area contributed by atoms with Crippen molar-refractivity contribution in [2.24, 2.45) is 0 Å². The van der Waals surface area contributed by atoms with Crippen molar-refractivity contribution in [1.29, 1.82) is 0 Å². The van der Waals surface area contributed by atoms with Crippen LogP contribution in [0.3, 0.4) is 0 Å². The highest BCUT2D eigenvalue weighted by Crippen LogP contribution is 2.31. The van der Waals surface area contributed by atoms with E-state index in [4.69, 9.17) is 0 Å². The molecule has 0 aliphatic heterocycles. The molecule has 0 radical (unpaired) electrons. The Morgan fingerprint density at radius 3 is 2.00 bits per heavy atom. The van der Waals surface area contributed by atoms with Gasteiger partial charge >= 0.3 is 0 Å². The fraction of sp³-hybridized carbons (Fsp3) is 0.429. The predicted octanol–water partition coefficient (Wildman–Crippen LogP) is 5.43. The zero-order valence-corrected chi connectivity index (χ0v) is 14.3. The lowest BCUT2D eigenvalue weighted by atomic mass is 9.85. The Kier molecular flexibility index (Phi) is 5.65. The summed E-state index contributed by atoms with van der Waals surface area (Å²) in [6, 6.07) is 12.3. The topological polar surface area (TPSA) is 20.2 Å². The van der Waals surface area contributed by atoms with Crippen LogP contribution in [-0.2, 0) is 25.7 Å². The molecular formula is C21H28O. The van der Waals surface area contributed by atoms with Crippen molar-refractivity contribution in [1.82, 2.24) is 0 Å². The molecule has 0 saturated carbocycles. The van der Waals surface area contributed by atoms with Gasteiger partial charge in [-0.1, -0.05) is 58.0 Å². The van der Waals surface area contributed by atoms with Crippen molar-refractivity contribution in [3.63, 3.8) is 0 Å². The molecule has 1 atom stereocenters. The lowest BCUT2D eigenvalue weighted by molar-refractivity contribution is 0.462. The van der Waals surface area contributed by atoms with Crippen molar-refractivity contribution in [3.8, 4) is 5.75 Å². The lowest BCUT2D eigenvalue weighted by Gasteiger charge is -2.20. The number of aryl methyl sites for hydroxylation is 1. The van der Waals surface area contributed by atoms with Crippen LogP contribution in [-0.4, -0.2) is 5.11 Å². The van der Waals surface area contributed by atoms with Crippen molar-refractivity contribution in [3.05, 3.63) is 64.2 Å². The summed E-state index contributed by atoms with van der Waals surface area (Å²) >= 11 is 0. The number of hydrogen-bond donors (Lipinski definition) is 1. The highest BCUT2D eigenvalue weighted by atomic mass is 16.3. The molecule has 0 aliphatic carbocycles. The minimum absolute atomic E-state index is 0.323. The highest BCUT2D eigenvalue weighted by Gasteiger charge is 2.15. The molecule has 0 spiro atoms. The van der Waals surface area contributed by atoms with Crippen molar-refractivity contribution >= 4 is 0 Å². The van der Waals surface area contributed by atoms with Gasteiger partial charge in [-0.05, 0) is 65.5 Å². The van der Waals surface area contributed by atoms with Gasteiger partial charge in [-0.2, -0.15) is 0 Å². The summed E-state index contributed by atoms with van der Waals surface area (Å²) in [6.07, 6.45) is 4.27. The van der Waals surface area contributed by atoms with Gasteiger partial charge in [0.2, 0.25) is 0 Å². The fourth-order valence-electron chi connectivity index (χ4n) is 3.54. The van der Waals surface area contributed by atoms with E-state index in [0.29, 0.717) is 11.7 Å². The predicted molar refractivity (Wildman–Crippen MR) is 94.8 cm³/mol. The summed E-state index contributed by atoms with van der Waals surface area (Å²) in [4.78, 5) is 0. The molecule has 22 heavy (non-hydrogen) atoms. The van der Waals surface area contributed by atoms with Gasteiger partial charge in [-0.15, -0.1) is 0 Å². The molecule has 2 rings (SSSR count). The van der Waals surface area contributed by atoms with Crippen molar-refractivity contribution in [2.45, 2.75) is 59.3 Å². The van der Waals surface area contributed by atoms with Crippen molar-refractivity contribution < 1.29 is 5.11 Å². The maximum Gasteiger partial charge on any atom is 0.119 e. The number of para-hydroxylation sites is 1. The van der Waals surface area contributed by atoms with E-state index in [1.165, 1.54) is 22.3 Å². The van der Waals surface area contributed by atoms with Gasteiger partial charge in [0.25, 0.3) is 0 Å². The molecule has 0 heterocycles. The van der Waals surface area contributed by atoms with Crippen LogP contribution in [0.2, 0.25) is 0 Å². The van der Waals surface area contributed by atoms with Crippen LogP contribution in [0.25, 0.3) is 0 Å². The molecule has 1 unspecified atom stereocenters. The molecule has 1 nitrogen and oxygen atoms in total. The second-order valence-electron chi connectivity index (χ2n) is 6.07. The van der Waals surface area contributed by atoms with Crippen LogP contribution in [0.15, 0.2) is 36.4 Å². The molecule has 1 heteroatoms. The molecule has 118 valence electrons. The van der Waals surface area contributed by atoms with Gasteiger partial charge < -0.3 is 5.11 Å². The molecule has 0 bridgehead atoms. The third-order valence-electron chi connectivity index (χ3n) is 4.71. The summed E-state index contributed by atoms with van der Waals surface area (Å²) in [7, 11) is 0. The molecule has 0 aromatic heterocycles. The smallest absolute Gasteiger partial charge is 0.119 e. The minimum atomic E-state index is 0.323. The zero-order chi connectivity index (χ0) is 16.1. The maximum atomic E-state index is 10.1. The number of benzene rings is 2. The van der Waals surface area contributed by atoms with E-state index in [1.807, 2.05) is 18.2 Å². The first-order chi connectivity index (χ1) is 10.6. The van der Waals surface area contributed by atoms with Crippen LogP contribution in [0.1, 0.15) is 61.4 Å². The number of hydrogen-bond acceptors (Lipinski definition) is 1. The number of phenolic OH excluding ortho intramolecular Hbond substituents is 1. The van der Waals surface area contributed by atoms with E-state index in [0.717, 1.165) is 31.2 Å². The minimum Gasteiger partial charge on any atom is -0.508 e. The highest BCUT2D eigenvalue weighted by molar-refractivity contribution is 5.43. The molecule has 2 aromatic rings. The average Bonchev–Trinajstić information content (AvgIpc) is 2.54. The summed E-state index contributed by atoms with van der Waals surface area (Å²) < 4.78 is 0. The third kappa shape index (κ3) is 3.35. The second kappa shape index (κ2) is 7.49. The third-order valence-corrected chi connectivity index (χ3v) is 4.71. The molecule has 0 saturated heterocycles. The number of aromatic hydroxyl groups is 1. The van der Waals surface area contributed by atoms with Crippen LogP contribution >= 0.6 is 0 Å². The van der Waals surface area contributed by atoms with Gasteiger partial charge in [0.15, 0.2) is 0 Å². The van der Waals surface area contributed by atoms with Crippen LogP contribution in [0.4, 0.5) is 0 Å². The Hall–Kier alpha value is -1.76. The maximum absolute atomic E-state index is 10.1. The van der Waals surface area contributed by atoms with Gasteiger partial charge in [-0.3, -0.25) is 0 Å². The first-order valence-corrected chi connectivity index (χ1v) is 8.52. The zero-order valence-electron chi connectivity index (χ0n) is 14.3. The molecular weight excluding hydrogens is 268 g/mol. The second-order valence-corrected chi connectivity index (χ2v) is 6.07. The van der Waals surface area contributed by atoms with E-state index in [9.17, 15) is 5.11 Å². The average molecular weight is 296 g/mol. The molecule has 0 amide bonds. The summed E-state index contributed by atoms with van der Waals surface area (Å²) in [5.41, 5.74) is 7.02. The standard InChI is InChI=1S/C21H28O/c1-5-16-12-13-17(19(7-3)18(16)6-2)14-15(4)20-10-8-9-11-21(20)22/h8-13,15,22H,5-7,14H2,1-4H3. The largest absolute Gasteiger partial charge is 0.508 e. The van der Waals surface area contributed by atoms with E-state index in [2.05, 4.69) is 39.8 Å². The van der Waals surface area contributed by atoms with Crippen LogP contribution in [0, 0.1) is 0 Å². The fourth-order valence-corrected chi connectivity index (χ4v) is 3.54. The van der Waals surface area contributed by atoms with Gasteiger partial charge in [0.05, 0.1) is 0 Å². The Morgan fingerprint density at radius 2 is 1.41 bits per heavy atom. The Bertz CT molecular complexity index is 628. The van der Waals surface area contributed by atoms with Crippen molar-refractivity contribution in [2.75, 3.05) is 0 Å². The van der Waals surface area contributed by atoms with E-state index < -0.39 is 0 Å². The van der Waals surface area contributed by atoms with Gasteiger partial charge in [0, 0.05) is 0 Å². The molecule has 2 aromatic carbocycles. The Labute approximate surface area is 135 Å². The number of rotatable bonds is 6. The summed E-state index contributed by atoms with van der Waals surface area (Å²) in [6.45, 7) is 8.94. The SMILES string of the molecule is CCc1ccc(CC(C)c2ccccc2O)c(CC)c1CC. The summed E-state index contributed by atoms with van der Waals surface area (Å²) in [5.74, 6) is 0.734. The quantitative estimate of drug-likeness (QED) is 0.754. The van der Waals surface area contributed by atoms with Crippen LogP contribution in [0.5, 0.6) is 5.75 Å². The summed E-state index contributed by atoms with van der Waals surface area (Å²) in [5, 5.41) is 10.1. The normalized spacial score (nSPS) is 12.4. The molecule has 0 aliphatic rings. The Balaban J connectivity index is 2.35. The Morgan fingerprint density at radius 1 is 0.818 bits per heavy atom.